The second-order valence-electron chi connectivity index (χ2n) is 8.25. The van der Waals surface area contributed by atoms with Crippen molar-refractivity contribution in [1.29, 1.82) is 0 Å². The Morgan fingerprint density at radius 1 is 0.968 bits per heavy atom. The Hall–Kier alpha value is -3.32. The standard InChI is InChI=1S/C24H26N6O/c1-17-14-18(2)30-24(25-17)26-22(27-30)15-23(31)29-12-10-28(11-13-29)16-20-8-5-7-19-6-3-4-9-21(19)20/h3-9,14H,10-13,15-16H2,1-2H3. The molecule has 0 N–H and O–H groups in total. The molecule has 0 unspecified atom stereocenters. The Labute approximate surface area is 181 Å². The Morgan fingerprint density at radius 3 is 2.58 bits per heavy atom. The van der Waals surface area contributed by atoms with Gasteiger partial charge in [0.05, 0.1) is 6.42 Å². The molecule has 0 saturated carbocycles. The van der Waals surface area contributed by atoms with E-state index in [1.54, 1.807) is 4.52 Å². The van der Waals surface area contributed by atoms with Crippen molar-refractivity contribution in [3.05, 3.63) is 71.3 Å². The van der Waals surface area contributed by atoms with E-state index >= 15 is 0 Å². The van der Waals surface area contributed by atoms with Crippen LogP contribution in [0.25, 0.3) is 16.6 Å². The fraction of sp³-hybridized carbons (Fsp3) is 0.333. The second-order valence-corrected chi connectivity index (χ2v) is 8.25. The number of carbonyl (C=O) groups excluding carboxylic acids is 1. The van der Waals surface area contributed by atoms with E-state index in [4.69, 9.17) is 0 Å². The van der Waals surface area contributed by atoms with Gasteiger partial charge in [0.15, 0.2) is 5.82 Å². The van der Waals surface area contributed by atoms with Crippen LogP contribution in [0.3, 0.4) is 0 Å². The number of hydrogen-bond acceptors (Lipinski definition) is 5. The molecule has 0 aliphatic carbocycles. The minimum absolute atomic E-state index is 0.0788. The predicted octanol–water partition coefficient (Wildman–Crippen LogP) is 2.78. The summed E-state index contributed by atoms with van der Waals surface area (Å²) < 4.78 is 1.71. The zero-order valence-corrected chi connectivity index (χ0v) is 18.0. The van der Waals surface area contributed by atoms with Gasteiger partial charge in [-0.3, -0.25) is 9.69 Å². The molecule has 3 heterocycles. The molecule has 1 fully saturated rings. The summed E-state index contributed by atoms with van der Waals surface area (Å²) in [6, 6.07) is 16.9. The number of nitrogens with zero attached hydrogens (tertiary/aromatic N) is 6. The first-order chi connectivity index (χ1) is 15.1. The average molecular weight is 415 g/mol. The smallest absolute Gasteiger partial charge is 0.252 e. The normalized spacial score (nSPS) is 15.1. The highest BCUT2D eigenvalue weighted by Gasteiger charge is 2.23. The lowest BCUT2D eigenvalue weighted by Crippen LogP contribution is -2.48. The van der Waals surface area contributed by atoms with E-state index in [9.17, 15) is 4.79 Å². The summed E-state index contributed by atoms with van der Waals surface area (Å²) in [7, 11) is 0. The third-order valence-electron chi connectivity index (χ3n) is 5.97. The topological polar surface area (TPSA) is 66.6 Å². The molecular weight excluding hydrogens is 388 g/mol. The average Bonchev–Trinajstić information content (AvgIpc) is 3.17. The number of rotatable bonds is 4. The molecule has 1 saturated heterocycles. The molecule has 0 bridgehead atoms. The second kappa shape index (κ2) is 8.07. The first kappa shape index (κ1) is 19.6. The lowest BCUT2D eigenvalue weighted by molar-refractivity contribution is -0.132. The monoisotopic (exact) mass is 414 g/mol. The maximum atomic E-state index is 12.8. The summed E-state index contributed by atoms with van der Waals surface area (Å²) >= 11 is 0. The molecule has 7 nitrogen and oxygen atoms in total. The van der Waals surface area contributed by atoms with E-state index in [2.05, 4.69) is 62.4 Å². The number of aryl methyl sites for hydroxylation is 2. The van der Waals surface area contributed by atoms with Gasteiger partial charge in [-0.15, -0.1) is 5.10 Å². The molecular formula is C24H26N6O. The zero-order chi connectivity index (χ0) is 21.4. The lowest BCUT2D eigenvalue weighted by Gasteiger charge is -2.34. The van der Waals surface area contributed by atoms with Crippen LogP contribution in [-0.4, -0.2) is 61.5 Å². The van der Waals surface area contributed by atoms with Crippen molar-refractivity contribution in [2.75, 3.05) is 26.2 Å². The summed E-state index contributed by atoms with van der Waals surface area (Å²) in [6.45, 7) is 8.00. The van der Waals surface area contributed by atoms with E-state index in [0.29, 0.717) is 11.6 Å². The van der Waals surface area contributed by atoms with Crippen LogP contribution in [0.15, 0.2) is 48.5 Å². The van der Waals surface area contributed by atoms with Crippen LogP contribution in [0.4, 0.5) is 0 Å². The van der Waals surface area contributed by atoms with Gasteiger partial charge in [-0.1, -0.05) is 42.5 Å². The summed E-state index contributed by atoms with van der Waals surface area (Å²) in [4.78, 5) is 26.0. The minimum Gasteiger partial charge on any atom is -0.340 e. The first-order valence-corrected chi connectivity index (χ1v) is 10.7. The number of amides is 1. The number of hydrogen-bond donors (Lipinski definition) is 0. The van der Waals surface area contributed by atoms with Gasteiger partial charge < -0.3 is 4.90 Å². The molecule has 2 aromatic carbocycles. The van der Waals surface area contributed by atoms with E-state index in [1.807, 2.05) is 24.8 Å². The maximum Gasteiger partial charge on any atom is 0.252 e. The highest BCUT2D eigenvalue weighted by atomic mass is 16.2. The number of carbonyl (C=O) groups is 1. The van der Waals surface area contributed by atoms with E-state index in [1.165, 1.54) is 16.3 Å². The molecule has 2 aromatic heterocycles. The fourth-order valence-corrected chi connectivity index (χ4v) is 4.36. The molecule has 7 heteroatoms. The lowest BCUT2D eigenvalue weighted by atomic mass is 10.0. The van der Waals surface area contributed by atoms with Gasteiger partial charge >= 0.3 is 0 Å². The third kappa shape index (κ3) is 4.01. The van der Waals surface area contributed by atoms with Gasteiger partial charge in [-0.25, -0.2) is 9.50 Å². The molecule has 1 amide bonds. The van der Waals surface area contributed by atoms with Crippen LogP contribution in [0, 0.1) is 13.8 Å². The predicted molar refractivity (Wildman–Crippen MR) is 120 cm³/mol. The summed E-state index contributed by atoms with van der Waals surface area (Å²) in [5.74, 6) is 1.17. The SMILES string of the molecule is Cc1cc(C)n2nc(CC(=O)N3CCN(Cc4cccc5ccccc45)CC3)nc2n1. The van der Waals surface area contributed by atoms with E-state index in [0.717, 1.165) is 44.1 Å². The first-order valence-electron chi connectivity index (χ1n) is 10.7. The Balaban J connectivity index is 1.21. The molecule has 31 heavy (non-hydrogen) atoms. The number of benzene rings is 2. The number of aromatic nitrogens is 4. The quantitative estimate of drug-likeness (QED) is 0.514. The van der Waals surface area contributed by atoms with Crippen molar-refractivity contribution in [3.8, 4) is 0 Å². The Kier molecular flexibility index (Phi) is 5.11. The van der Waals surface area contributed by atoms with Gasteiger partial charge in [0.1, 0.15) is 0 Å². The van der Waals surface area contributed by atoms with Crippen molar-refractivity contribution in [2.24, 2.45) is 0 Å². The van der Waals surface area contributed by atoms with Crippen molar-refractivity contribution >= 4 is 22.5 Å². The summed E-state index contributed by atoms with van der Waals surface area (Å²) in [5, 5.41) is 7.05. The summed E-state index contributed by atoms with van der Waals surface area (Å²) in [5.41, 5.74) is 3.21. The molecule has 1 aliphatic heterocycles. The fourth-order valence-electron chi connectivity index (χ4n) is 4.36. The Bertz CT molecular complexity index is 1250. The molecule has 158 valence electrons. The molecule has 4 aromatic rings. The van der Waals surface area contributed by atoms with Crippen LogP contribution < -0.4 is 0 Å². The third-order valence-corrected chi connectivity index (χ3v) is 5.97. The van der Waals surface area contributed by atoms with Crippen LogP contribution in [0.5, 0.6) is 0 Å². The van der Waals surface area contributed by atoms with Crippen molar-refractivity contribution < 1.29 is 4.79 Å². The van der Waals surface area contributed by atoms with E-state index < -0.39 is 0 Å². The molecule has 0 atom stereocenters. The van der Waals surface area contributed by atoms with Gasteiger partial charge in [0.25, 0.3) is 5.78 Å². The molecule has 5 rings (SSSR count). The van der Waals surface area contributed by atoms with Gasteiger partial charge in [0.2, 0.25) is 5.91 Å². The van der Waals surface area contributed by atoms with Crippen LogP contribution in [-0.2, 0) is 17.8 Å². The molecule has 0 radical (unpaired) electrons. The van der Waals surface area contributed by atoms with Crippen molar-refractivity contribution in [1.82, 2.24) is 29.4 Å². The van der Waals surface area contributed by atoms with Crippen LogP contribution >= 0.6 is 0 Å². The maximum absolute atomic E-state index is 12.8. The summed E-state index contributed by atoms with van der Waals surface area (Å²) in [6.07, 6.45) is 0.213. The van der Waals surface area contributed by atoms with Gasteiger partial charge in [-0.2, -0.15) is 4.98 Å². The highest BCUT2D eigenvalue weighted by molar-refractivity contribution is 5.85. The number of fused-ring (bicyclic) bond motifs is 2. The van der Waals surface area contributed by atoms with E-state index in [-0.39, 0.29) is 12.3 Å². The largest absolute Gasteiger partial charge is 0.340 e. The van der Waals surface area contributed by atoms with Crippen molar-refractivity contribution in [2.45, 2.75) is 26.8 Å². The van der Waals surface area contributed by atoms with Gasteiger partial charge in [-0.05, 0) is 36.2 Å². The molecule has 0 spiro atoms. The Morgan fingerprint density at radius 2 is 1.74 bits per heavy atom. The van der Waals surface area contributed by atoms with Crippen LogP contribution in [0.2, 0.25) is 0 Å². The number of piperazine rings is 1. The van der Waals surface area contributed by atoms with Gasteiger partial charge in [0, 0.05) is 44.1 Å². The molecule has 1 aliphatic rings. The minimum atomic E-state index is 0.0788. The van der Waals surface area contributed by atoms with Crippen LogP contribution in [0.1, 0.15) is 22.8 Å². The highest BCUT2D eigenvalue weighted by Crippen LogP contribution is 2.20. The zero-order valence-electron chi connectivity index (χ0n) is 18.0. The van der Waals surface area contributed by atoms with Crippen molar-refractivity contribution in [3.63, 3.8) is 0 Å².